The van der Waals surface area contributed by atoms with Gasteiger partial charge in [0.15, 0.2) is 0 Å². The van der Waals surface area contributed by atoms with E-state index in [1.165, 1.54) is 0 Å². The van der Waals surface area contributed by atoms with Crippen LogP contribution < -0.4 is 5.32 Å². The molecule has 2 rings (SSSR count). The zero-order valence-corrected chi connectivity index (χ0v) is 8.75. The average molecular weight is 210 g/mol. The van der Waals surface area contributed by atoms with Crippen molar-refractivity contribution in [3.63, 3.8) is 0 Å². The minimum atomic E-state index is 0.394. The molecule has 74 valence electrons. The van der Waals surface area contributed by atoms with E-state index in [1.54, 1.807) is 12.3 Å². The average Bonchev–Trinajstić information content (AvgIpc) is 2.56. The minimum Gasteiger partial charge on any atom is -0.371 e. The molecule has 1 N–H and O–H groups in total. The van der Waals surface area contributed by atoms with Crippen LogP contribution in [0.15, 0.2) is 23.3 Å². The molecule has 0 radical (unpaired) electrons. The Balaban J connectivity index is 2.04. The van der Waals surface area contributed by atoms with Crippen LogP contribution in [-0.4, -0.2) is 23.4 Å². The molecule has 0 fully saturated rings. The number of hydrogen-bond acceptors (Lipinski definition) is 3. The Kier molecular flexibility index (Phi) is 2.68. The van der Waals surface area contributed by atoms with E-state index < -0.39 is 0 Å². The van der Waals surface area contributed by atoms with Gasteiger partial charge in [0.05, 0.1) is 6.04 Å². The topological polar surface area (TPSA) is 37.3 Å². The monoisotopic (exact) mass is 209 g/mol. The third-order valence-corrected chi connectivity index (χ3v) is 2.36. The fourth-order valence-corrected chi connectivity index (χ4v) is 1.55. The van der Waals surface area contributed by atoms with Gasteiger partial charge in [0.2, 0.25) is 0 Å². The van der Waals surface area contributed by atoms with Gasteiger partial charge in [-0.25, -0.2) is 4.98 Å². The van der Waals surface area contributed by atoms with Crippen molar-refractivity contribution >= 4 is 17.4 Å². The Morgan fingerprint density at radius 1 is 1.57 bits per heavy atom. The maximum Gasteiger partial charge on any atom is 0.129 e. The van der Waals surface area contributed by atoms with Crippen LogP contribution in [0, 0.1) is 0 Å². The molecule has 0 saturated carbocycles. The van der Waals surface area contributed by atoms with E-state index in [4.69, 9.17) is 11.6 Å². The molecule has 1 unspecified atom stereocenters. The maximum absolute atomic E-state index is 5.69. The zero-order chi connectivity index (χ0) is 9.97. The number of nitrogens with zero attached hydrogens (tertiary/aromatic N) is 2. The molecule has 0 spiro atoms. The molecule has 1 aliphatic rings. The number of aromatic nitrogens is 1. The van der Waals surface area contributed by atoms with Crippen molar-refractivity contribution < 1.29 is 0 Å². The highest BCUT2D eigenvalue weighted by atomic mass is 35.5. The Morgan fingerprint density at radius 3 is 3.00 bits per heavy atom. The van der Waals surface area contributed by atoms with E-state index in [-0.39, 0.29) is 0 Å². The number of amidine groups is 1. The first-order valence-corrected chi connectivity index (χ1v) is 5.03. The van der Waals surface area contributed by atoms with E-state index in [1.807, 2.05) is 6.07 Å². The first kappa shape index (κ1) is 9.46. The van der Waals surface area contributed by atoms with Crippen molar-refractivity contribution in [2.45, 2.75) is 19.4 Å². The third-order valence-electron chi connectivity index (χ3n) is 2.14. The van der Waals surface area contributed by atoms with Gasteiger partial charge in [-0.3, -0.25) is 4.99 Å². The lowest BCUT2D eigenvalue weighted by molar-refractivity contribution is 0.765. The van der Waals surface area contributed by atoms with Crippen molar-refractivity contribution in [3.8, 4) is 0 Å². The van der Waals surface area contributed by atoms with Crippen molar-refractivity contribution in [2.75, 3.05) is 6.54 Å². The summed E-state index contributed by atoms with van der Waals surface area (Å²) in [6.45, 7) is 3.04. The van der Waals surface area contributed by atoms with E-state index >= 15 is 0 Å². The van der Waals surface area contributed by atoms with Crippen LogP contribution in [0.5, 0.6) is 0 Å². The first-order valence-electron chi connectivity index (χ1n) is 4.65. The molecule has 0 amide bonds. The molecule has 1 aliphatic heterocycles. The lowest BCUT2D eigenvalue weighted by Crippen LogP contribution is -2.21. The Morgan fingerprint density at radius 2 is 2.43 bits per heavy atom. The normalized spacial score (nSPS) is 20.4. The molecule has 4 heteroatoms. The molecule has 1 aromatic rings. The fourth-order valence-electron chi connectivity index (χ4n) is 1.44. The lowest BCUT2D eigenvalue weighted by Gasteiger charge is -2.01. The predicted molar refractivity (Wildman–Crippen MR) is 57.9 cm³/mol. The summed E-state index contributed by atoms with van der Waals surface area (Å²) in [6.07, 6.45) is 2.60. The highest BCUT2D eigenvalue weighted by Crippen LogP contribution is 2.07. The molecule has 14 heavy (non-hydrogen) atoms. The van der Waals surface area contributed by atoms with Gasteiger partial charge in [-0.1, -0.05) is 17.7 Å². The summed E-state index contributed by atoms with van der Waals surface area (Å²) >= 11 is 5.69. The van der Waals surface area contributed by atoms with Crippen molar-refractivity contribution in [1.29, 1.82) is 0 Å². The summed E-state index contributed by atoms with van der Waals surface area (Å²) in [5.41, 5.74) is 1.13. The van der Waals surface area contributed by atoms with Crippen LogP contribution in [0.1, 0.15) is 12.5 Å². The van der Waals surface area contributed by atoms with E-state index in [2.05, 4.69) is 22.2 Å². The summed E-state index contributed by atoms with van der Waals surface area (Å²) in [4.78, 5) is 8.47. The van der Waals surface area contributed by atoms with E-state index in [0.29, 0.717) is 11.2 Å². The molecular formula is C10H12ClN3. The van der Waals surface area contributed by atoms with Gasteiger partial charge < -0.3 is 5.32 Å². The maximum atomic E-state index is 5.69. The van der Waals surface area contributed by atoms with E-state index in [0.717, 1.165) is 24.4 Å². The number of aliphatic imine (C=N–C) groups is 1. The van der Waals surface area contributed by atoms with Gasteiger partial charge in [0.25, 0.3) is 0 Å². The van der Waals surface area contributed by atoms with Gasteiger partial charge in [-0.05, 0) is 18.6 Å². The second-order valence-electron chi connectivity index (χ2n) is 3.47. The van der Waals surface area contributed by atoms with Crippen LogP contribution in [0.2, 0.25) is 5.15 Å². The number of nitrogens with one attached hydrogen (secondary N) is 1. The standard InChI is InChI=1S/C10H12ClN3/c1-7-5-13-10(14-7)4-8-2-3-9(11)12-6-8/h2-3,6-7H,4-5H2,1H3,(H,13,14). The molecular weight excluding hydrogens is 198 g/mol. The van der Waals surface area contributed by atoms with Crippen LogP contribution in [0.25, 0.3) is 0 Å². The summed E-state index contributed by atoms with van der Waals surface area (Å²) in [5.74, 6) is 1.04. The van der Waals surface area contributed by atoms with Gasteiger partial charge in [-0.15, -0.1) is 0 Å². The van der Waals surface area contributed by atoms with Crippen LogP contribution >= 0.6 is 11.6 Å². The molecule has 0 aliphatic carbocycles. The van der Waals surface area contributed by atoms with Crippen LogP contribution in [-0.2, 0) is 6.42 Å². The summed E-state index contributed by atoms with van der Waals surface area (Å²) in [7, 11) is 0. The second-order valence-corrected chi connectivity index (χ2v) is 3.86. The molecule has 0 bridgehead atoms. The fraction of sp³-hybridized carbons (Fsp3) is 0.400. The highest BCUT2D eigenvalue weighted by Gasteiger charge is 2.11. The molecule has 1 atom stereocenters. The largest absolute Gasteiger partial charge is 0.371 e. The third kappa shape index (κ3) is 2.23. The molecule has 1 aromatic heterocycles. The molecule has 0 aromatic carbocycles. The van der Waals surface area contributed by atoms with Crippen molar-refractivity contribution in [1.82, 2.24) is 10.3 Å². The van der Waals surface area contributed by atoms with Gasteiger partial charge in [0.1, 0.15) is 11.0 Å². The molecule has 2 heterocycles. The second kappa shape index (κ2) is 3.96. The summed E-state index contributed by atoms with van der Waals surface area (Å²) in [6, 6.07) is 4.17. The number of rotatable bonds is 2. The molecule has 0 saturated heterocycles. The number of hydrogen-bond donors (Lipinski definition) is 1. The first-order chi connectivity index (χ1) is 6.74. The van der Waals surface area contributed by atoms with Crippen molar-refractivity contribution in [3.05, 3.63) is 29.0 Å². The summed E-state index contributed by atoms with van der Waals surface area (Å²) < 4.78 is 0. The highest BCUT2D eigenvalue weighted by molar-refractivity contribution is 6.29. The zero-order valence-electron chi connectivity index (χ0n) is 8.00. The Hall–Kier alpha value is -1.09. The van der Waals surface area contributed by atoms with Crippen LogP contribution in [0.3, 0.4) is 0 Å². The minimum absolute atomic E-state index is 0.394. The number of halogens is 1. The lowest BCUT2D eigenvalue weighted by atomic mass is 10.2. The van der Waals surface area contributed by atoms with Gasteiger partial charge >= 0.3 is 0 Å². The van der Waals surface area contributed by atoms with Crippen LogP contribution in [0.4, 0.5) is 0 Å². The molecule has 3 nitrogen and oxygen atoms in total. The van der Waals surface area contributed by atoms with Crippen molar-refractivity contribution in [2.24, 2.45) is 4.99 Å². The van der Waals surface area contributed by atoms with Gasteiger partial charge in [-0.2, -0.15) is 0 Å². The smallest absolute Gasteiger partial charge is 0.129 e. The SMILES string of the molecule is CC1CNC(Cc2ccc(Cl)nc2)=N1. The quantitative estimate of drug-likeness (QED) is 0.753. The van der Waals surface area contributed by atoms with Gasteiger partial charge in [0, 0.05) is 19.2 Å². The van der Waals surface area contributed by atoms with E-state index in [9.17, 15) is 0 Å². The number of pyridine rings is 1. The Labute approximate surface area is 88.2 Å². The predicted octanol–water partition coefficient (Wildman–Crippen LogP) is 1.67. The Bertz CT molecular complexity index is 345. The summed E-state index contributed by atoms with van der Waals surface area (Å²) in [5, 5.41) is 3.79.